The number of hydrogen-bond donors (Lipinski definition) is 0. The molecule has 0 saturated carbocycles. The van der Waals surface area contributed by atoms with Crippen molar-refractivity contribution in [3.05, 3.63) is 29.8 Å². The van der Waals surface area contributed by atoms with E-state index >= 15 is 0 Å². The molecule has 1 aliphatic heterocycles. The van der Waals surface area contributed by atoms with Crippen LogP contribution in [0.4, 0.5) is 5.69 Å². The zero-order valence-corrected chi connectivity index (χ0v) is 13.6. The third-order valence-corrected chi connectivity index (χ3v) is 6.86. The highest BCUT2D eigenvalue weighted by Gasteiger charge is 2.31. The van der Waals surface area contributed by atoms with Gasteiger partial charge in [-0.3, -0.25) is 0 Å². The SMILES string of the molecule is CC(C)(C)c1ccc(N=C2SSC(Cl)C2Cl)cc1. The summed E-state index contributed by atoms with van der Waals surface area (Å²) in [5.74, 6) is 0. The molecular weight excluding hydrogens is 305 g/mol. The lowest BCUT2D eigenvalue weighted by molar-refractivity contribution is 0.590. The van der Waals surface area contributed by atoms with Gasteiger partial charge in [0.1, 0.15) is 15.1 Å². The molecule has 1 nitrogen and oxygen atoms in total. The minimum absolute atomic E-state index is 0.0933. The van der Waals surface area contributed by atoms with Gasteiger partial charge < -0.3 is 0 Å². The lowest BCUT2D eigenvalue weighted by Crippen LogP contribution is -2.12. The van der Waals surface area contributed by atoms with Gasteiger partial charge in [0.2, 0.25) is 0 Å². The summed E-state index contributed by atoms with van der Waals surface area (Å²) < 4.78 is -0.0933. The molecule has 0 radical (unpaired) electrons. The normalized spacial score (nSPS) is 26.8. The summed E-state index contributed by atoms with van der Waals surface area (Å²) >= 11 is 12.2. The minimum Gasteiger partial charge on any atom is -0.244 e. The molecule has 0 amide bonds. The Bertz CT molecular complexity index is 451. The molecule has 98 valence electrons. The van der Waals surface area contributed by atoms with Gasteiger partial charge in [0, 0.05) is 0 Å². The third-order valence-electron chi connectivity index (χ3n) is 2.66. The molecule has 1 saturated heterocycles. The van der Waals surface area contributed by atoms with Gasteiger partial charge in [-0.2, -0.15) is 0 Å². The van der Waals surface area contributed by atoms with Gasteiger partial charge >= 0.3 is 0 Å². The molecule has 1 aliphatic rings. The molecule has 0 N–H and O–H groups in total. The van der Waals surface area contributed by atoms with Crippen LogP contribution in [-0.2, 0) is 5.41 Å². The third kappa shape index (κ3) is 3.38. The number of nitrogens with zero attached hydrogens (tertiary/aromatic N) is 1. The van der Waals surface area contributed by atoms with Crippen LogP contribution in [0.2, 0.25) is 0 Å². The van der Waals surface area contributed by atoms with Crippen LogP contribution in [0.5, 0.6) is 0 Å². The first-order valence-electron chi connectivity index (χ1n) is 5.68. The molecule has 0 aromatic heterocycles. The van der Waals surface area contributed by atoms with Gasteiger partial charge in [0.25, 0.3) is 0 Å². The number of benzene rings is 1. The summed E-state index contributed by atoms with van der Waals surface area (Å²) in [5, 5.41) is 0.703. The molecule has 2 rings (SSSR count). The Morgan fingerprint density at radius 2 is 1.72 bits per heavy atom. The van der Waals surface area contributed by atoms with E-state index in [9.17, 15) is 0 Å². The molecule has 1 fully saturated rings. The highest BCUT2D eigenvalue weighted by atomic mass is 35.5. The van der Waals surface area contributed by atoms with Crippen molar-refractivity contribution in [1.29, 1.82) is 0 Å². The van der Waals surface area contributed by atoms with Gasteiger partial charge in [-0.05, 0) is 33.9 Å². The maximum absolute atomic E-state index is 6.18. The standard InChI is InChI=1S/C13H15Cl2NS2/c1-13(2,3)8-4-6-9(7-5-8)16-12-10(14)11(15)17-18-12/h4-7,10-11H,1-3H3. The highest BCUT2D eigenvalue weighted by Crippen LogP contribution is 2.45. The highest BCUT2D eigenvalue weighted by molar-refractivity contribution is 8.83. The maximum Gasteiger partial charge on any atom is 0.112 e. The Labute approximate surface area is 126 Å². The van der Waals surface area contributed by atoms with Crippen LogP contribution in [0.15, 0.2) is 29.3 Å². The van der Waals surface area contributed by atoms with Crippen molar-refractivity contribution in [2.24, 2.45) is 4.99 Å². The molecular formula is C13H15Cl2NS2. The summed E-state index contributed by atoms with van der Waals surface area (Å²) in [7, 11) is 3.13. The van der Waals surface area contributed by atoms with E-state index in [1.807, 2.05) is 12.1 Å². The average molecular weight is 320 g/mol. The molecule has 2 unspecified atom stereocenters. The number of alkyl halides is 2. The second-order valence-electron chi connectivity index (χ2n) is 5.18. The van der Waals surface area contributed by atoms with Crippen molar-refractivity contribution in [3.8, 4) is 0 Å². The van der Waals surface area contributed by atoms with Gasteiger partial charge in [-0.15, -0.1) is 23.2 Å². The molecule has 2 atom stereocenters. The monoisotopic (exact) mass is 319 g/mol. The Hall–Kier alpha value is 0.170. The molecule has 0 spiro atoms. The first kappa shape index (κ1) is 14.6. The zero-order chi connectivity index (χ0) is 13.3. The molecule has 0 bridgehead atoms. The summed E-state index contributed by atoms with van der Waals surface area (Å²) in [6.45, 7) is 6.60. The predicted octanol–water partition coefficient (Wildman–Crippen LogP) is 5.58. The van der Waals surface area contributed by atoms with Crippen molar-refractivity contribution >= 4 is 55.5 Å². The van der Waals surface area contributed by atoms with Crippen LogP contribution in [0.1, 0.15) is 26.3 Å². The van der Waals surface area contributed by atoms with E-state index in [2.05, 4.69) is 37.9 Å². The van der Waals surface area contributed by atoms with Gasteiger partial charge in [-0.25, -0.2) is 4.99 Å². The molecule has 1 heterocycles. The first-order valence-corrected chi connectivity index (χ1v) is 8.77. The van der Waals surface area contributed by atoms with Crippen molar-refractivity contribution in [2.45, 2.75) is 36.3 Å². The number of aliphatic imine (C=N–C) groups is 1. The molecule has 1 aromatic rings. The largest absolute Gasteiger partial charge is 0.244 e. The fourth-order valence-electron chi connectivity index (χ4n) is 1.55. The van der Waals surface area contributed by atoms with Crippen molar-refractivity contribution in [3.63, 3.8) is 0 Å². The number of rotatable bonds is 1. The summed E-state index contributed by atoms with van der Waals surface area (Å²) in [5.41, 5.74) is 2.40. The summed E-state index contributed by atoms with van der Waals surface area (Å²) in [6.07, 6.45) is 0. The Kier molecular flexibility index (Phi) is 4.58. The quantitative estimate of drug-likeness (QED) is 0.494. The maximum atomic E-state index is 6.18. The molecule has 0 aliphatic carbocycles. The predicted molar refractivity (Wildman–Crippen MR) is 86.7 cm³/mol. The van der Waals surface area contributed by atoms with Crippen LogP contribution in [0.25, 0.3) is 0 Å². The average Bonchev–Trinajstić information content (AvgIpc) is 2.61. The van der Waals surface area contributed by atoms with E-state index in [0.717, 1.165) is 10.7 Å². The van der Waals surface area contributed by atoms with E-state index < -0.39 is 0 Å². The molecule has 1 aromatic carbocycles. The lowest BCUT2D eigenvalue weighted by Gasteiger charge is -2.18. The Morgan fingerprint density at radius 3 is 2.17 bits per heavy atom. The molecule has 18 heavy (non-hydrogen) atoms. The van der Waals surface area contributed by atoms with Crippen molar-refractivity contribution < 1.29 is 0 Å². The first-order chi connectivity index (χ1) is 8.38. The van der Waals surface area contributed by atoms with Crippen LogP contribution >= 0.6 is 44.8 Å². The molecule has 5 heteroatoms. The van der Waals surface area contributed by atoms with Gasteiger partial charge in [0.15, 0.2) is 0 Å². The fraction of sp³-hybridized carbons (Fsp3) is 0.462. The van der Waals surface area contributed by atoms with Crippen molar-refractivity contribution in [2.75, 3.05) is 0 Å². The smallest absolute Gasteiger partial charge is 0.112 e. The Balaban J connectivity index is 2.19. The topological polar surface area (TPSA) is 12.4 Å². The second-order valence-corrected chi connectivity index (χ2v) is 8.74. The van der Waals surface area contributed by atoms with E-state index in [0.29, 0.717) is 0 Å². The van der Waals surface area contributed by atoms with Gasteiger partial charge in [0.05, 0.1) is 5.69 Å². The number of hydrogen-bond acceptors (Lipinski definition) is 3. The minimum atomic E-state index is -0.191. The van der Waals surface area contributed by atoms with Crippen LogP contribution in [0.3, 0.4) is 0 Å². The number of halogens is 2. The van der Waals surface area contributed by atoms with E-state index in [1.165, 1.54) is 5.56 Å². The van der Waals surface area contributed by atoms with E-state index in [-0.39, 0.29) is 15.5 Å². The lowest BCUT2D eigenvalue weighted by atomic mass is 9.87. The summed E-state index contributed by atoms with van der Waals surface area (Å²) in [4.78, 5) is 4.56. The summed E-state index contributed by atoms with van der Waals surface area (Å²) in [6, 6.07) is 8.30. The van der Waals surface area contributed by atoms with E-state index in [4.69, 9.17) is 23.2 Å². The van der Waals surface area contributed by atoms with Crippen molar-refractivity contribution in [1.82, 2.24) is 0 Å². The zero-order valence-electron chi connectivity index (χ0n) is 10.5. The Morgan fingerprint density at radius 1 is 1.11 bits per heavy atom. The van der Waals surface area contributed by atoms with Gasteiger partial charge in [-0.1, -0.05) is 43.7 Å². The van der Waals surface area contributed by atoms with Crippen LogP contribution in [0, 0.1) is 0 Å². The van der Waals surface area contributed by atoms with Crippen LogP contribution < -0.4 is 0 Å². The van der Waals surface area contributed by atoms with E-state index in [1.54, 1.807) is 21.6 Å². The van der Waals surface area contributed by atoms with Crippen LogP contribution in [-0.4, -0.2) is 15.1 Å². The second kappa shape index (κ2) is 5.66. The fourth-order valence-corrected chi connectivity index (χ4v) is 4.95.